The van der Waals surface area contributed by atoms with Gasteiger partial charge < -0.3 is 15.2 Å². The first-order chi connectivity index (χ1) is 11.5. The van der Waals surface area contributed by atoms with Gasteiger partial charge in [-0.2, -0.15) is 0 Å². The van der Waals surface area contributed by atoms with Crippen LogP contribution in [0.25, 0.3) is 0 Å². The molecule has 0 saturated carbocycles. The van der Waals surface area contributed by atoms with Crippen LogP contribution in [0.5, 0.6) is 5.75 Å². The zero-order valence-electron chi connectivity index (χ0n) is 13.7. The molecule has 5 heteroatoms. The predicted octanol–water partition coefficient (Wildman–Crippen LogP) is 2.78. The van der Waals surface area contributed by atoms with E-state index in [2.05, 4.69) is 5.32 Å². The van der Waals surface area contributed by atoms with Crippen LogP contribution in [0.3, 0.4) is 0 Å². The van der Waals surface area contributed by atoms with Gasteiger partial charge in [0.15, 0.2) is 0 Å². The van der Waals surface area contributed by atoms with Crippen molar-refractivity contribution in [3.63, 3.8) is 0 Å². The van der Waals surface area contributed by atoms with Gasteiger partial charge in [0.2, 0.25) is 5.91 Å². The number of hydrogen-bond acceptors (Lipinski definition) is 3. The largest absolute Gasteiger partial charge is 0.497 e. The molecule has 0 spiro atoms. The highest BCUT2D eigenvalue weighted by molar-refractivity contribution is 5.84. The molecule has 2 atom stereocenters. The summed E-state index contributed by atoms with van der Waals surface area (Å²) in [5.41, 5.74) is 1.48. The van der Waals surface area contributed by atoms with E-state index in [0.717, 1.165) is 5.56 Å². The number of nitrogens with one attached hydrogen (secondary N) is 1. The number of carbonyl (C=O) groups excluding carboxylic acids is 1. The molecule has 0 aliphatic rings. The van der Waals surface area contributed by atoms with Crippen molar-refractivity contribution in [3.05, 3.63) is 65.7 Å². The topological polar surface area (TPSA) is 75.6 Å². The maximum absolute atomic E-state index is 12.4. The lowest BCUT2D eigenvalue weighted by Gasteiger charge is -2.17. The minimum Gasteiger partial charge on any atom is -0.497 e. The molecule has 0 fully saturated rings. The van der Waals surface area contributed by atoms with E-state index in [1.54, 1.807) is 44.4 Å². The van der Waals surface area contributed by atoms with Crippen molar-refractivity contribution in [1.29, 1.82) is 0 Å². The third-order valence-electron chi connectivity index (χ3n) is 3.97. The highest BCUT2D eigenvalue weighted by Crippen LogP contribution is 2.21. The Bertz CT molecular complexity index is 700. The second-order valence-corrected chi connectivity index (χ2v) is 5.54. The highest BCUT2D eigenvalue weighted by atomic mass is 16.5. The Hall–Kier alpha value is -2.82. The number of ether oxygens (including phenoxy) is 1. The number of benzene rings is 2. The first-order valence-corrected chi connectivity index (χ1v) is 7.72. The Morgan fingerprint density at radius 3 is 2.38 bits per heavy atom. The lowest BCUT2D eigenvalue weighted by atomic mass is 9.97. The molecule has 2 aromatic carbocycles. The number of rotatable bonds is 7. The number of amides is 1. The summed E-state index contributed by atoms with van der Waals surface area (Å²) in [4.78, 5) is 23.8. The van der Waals surface area contributed by atoms with Crippen LogP contribution in [0, 0.1) is 0 Å². The highest BCUT2D eigenvalue weighted by Gasteiger charge is 2.22. The van der Waals surface area contributed by atoms with E-state index in [9.17, 15) is 14.7 Å². The second-order valence-electron chi connectivity index (χ2n) is 5.54. The molecule has 2 unspecified atom stereocenters. The summed E-state index contributed by atoms with van der Waals surface area (Å²) >= 11 is 0. The Morgan fingerprint density at radius 1 is 1.08 bits per heavy atom. The summed E-state index contributed by atoms with van der Waals surface area (Å²) in [7, 11) is 1.57. The third-order valence-corrected chi connectivity index (χ3v) is 3.97. The molecule has 0 aromatic heterocycles. The van der Waals surface area contributed by atoms with E-state index < -0.39 is 17.8 Å². The van der Waals surface area contributed by atoms with Crippen molar-refractivity contribution in [2.45, 2.75) is 18.8 Å². The minimum absolute atomic E-state index is 0.0481. The Kier molecular flexibility index (Phi) is 5.95. The number of carboxylic acid groups (broad SMARTS) is 1. The fraction of sp³-hybridized carbons (Fsp3) is 0.263. The quantitative estimate of drug-likeness (QED) is 0.820. The molecule has 0 bridgehead atoms. The summed E-state index contributed by atoms with van der Waals surface area (Å²) in [5.74, 6) is -1.67. The van der Waals surface area contributed by atoms with E-state index in [1.165, 1.54) is 0 Å². The SMILES string of the molecule is COc1cccc(C(C)C(=O)NCC(C(=O)O)c2ccccc2)c1. The molecule has 0 saturated heterocycles. The van der Waals surface area contributed by atoms with Gasteiger partial charge in [-0.3, -0.25) is 9.59 Å². The monoisotopic (exact) mass is 327 g/mol. The van der Waals surface area contributed by atoms with Crippen LogP contribution in [-0.2, 0) is 9.59 Å². The van der Waals surface area contributed by atoms with E-state index in [4.69, 9.17) is 4.74 Å². The average Bonchev–Trinajstić information content (AvgIpc) is 2.61. The fourth-order valence-electron chi connectivity index (χ4n) is 2.45. The van der Waals surface area contributed by atoms with Crippen molar-refractivity contribution in [3.8, 4) is 5.75 Å². The van der Waals surface area contributed by atoms with Crippen molar-refractivity contribution in [2.24, 2.45) is 0 Å². The number of carbonyl (C=O) groups is 2. The average molecular weight is 327 g/mol. The van der Waals surface area contributed by atoms with Crippen LogP contribution in [-0.4, -0.2) is 30.6 Å². The molecule has 1 amide bonds. The van der Waals surface area contributed by atoms with Crippen molar-refractivity contribution in [2.75, 3.05) is 13.7 Å². The molecule has 24 heavy (non-hydrogen) atoms. The zero-order valence-corrected chi connectivity index (χ0v) is 13.7. The summed E-state index contributed by atoms with van der Waals surface area (Å²) < 4.78 is 5.16. The van der Waals surface area contributed by atoms with E-state index in [0.29, 0.717) is 11.3 Å². The van der Waals surface area contributed by atoms with Gasteiger partial charge in [-0.1, -0.05) is 42.5 Å². The molecular weight excluding hydrogens is 306 g/mol. The van der Waals surface area contributed by atoms with E-state index >= 15 is 0 Å². The summed E-state index contributed by atoms with van der Waals surface area (Å²) in [5, 5.41) is 12.1. The molecule has 0 radical (unpaired) electrons. The van der Waals surface area contributed by atoms with Crippen molar-refractivity contribution in [1.82, 2.24) is 5.32 Å². The third kappa shape index (κ3) is 4.35. The van der Waals surface area contributed by atoms with Crippen molar-refractivity contribution >= 4 is 11.9 Å². The smallest absolute Gasteiger partial charge is 0.312 e. The number of aliphatic carboxylic acids is 1. The van der Waals surface area contributed by atoms with Crippen LogP contribution in [0.15, 0.2) is 54.6 Å². The van der Waals surface area contributed by atoms with Gasteiger partial charge in [0, 0.05) is 6.54 Å². The number of methoxy groups -OCH3 is 1. The van der Waals surface area contributed by atoms with Crippen LogP contribution in [0.2, 0.25) is 0 Å². The van der Waals surface area contributed by atoms with Crippen LogP contribution >= 0.6 is 0 Å². The molecule has 0 aliphatic carbocycles. The van der Waals surface area contributed by atoms with Gasteiger partial charge in [0.25, 0.3) is 0 Å². The van der Waals surface area contributed by atoms with Crippen molar-refractivity contribution < 1.29 is 19.4 Å². The van der Waals surface area contributed by atoms with Gasteiger partial charge in [-0.25, -0.2) is 0 Å². The predicted molar refractivity (Wildman–Crippen MR) is 91.2 cm³/mol. The maximum Gasteiger partial charge on any atom is 0.312 e. The standard InChI is InChI=1S/C19H21NO4/c1-13(15-9-6-10-16(11-15)24-2)18(21)20-12-17(19(22)23)14-7-4-3-5-8-14/h3-11,13,17H,12H2,1-2H3,(H,20,21)(H,22,23). The number of carboxylic acids is 1. The first kappa shape index (κ1) is 17.5. The molecule has 2 aromatic rings. The summed E-state index contributed by atoms with van der Waals surface area (Å²) in [6.07, 6.45) is 0. The maximum atomic E-state index is 12.4. The van der Waals surface area contributed by atoms with Gasteiger partial charge in [-0.05, 0) is 30.2 Å². The zero-order chi connectivity index (χ0) is 17.5. The molecule has 2 rings (SSSR count). The first-order valence-electron chi connectivity index (χ1n) is 7.72. The Morgan fingerprint density at radius 2 is 1.75 bits per heavy atom. The lowest BCUT2D eigenvalue weighted by molar-refractivity contribution is -0.138. The van der Waals surface area contributed by atoms with E-state index in [-0.39, 0.29) is 12.5 Å². The van der Waals surface area contributed by atoms with Gasteiger partial charge in [0.05, 0.1) is 18.9 Å². The minimum atomic E-state index is -0.962. The second kappa shape index (κ2) is 8.15. The summed E-state index contributed by atoms with van der Waals surface area (Å²) in [6.45, 7) is 1.83. The Balaban J connectivity index is 2.04. The molecule has 126 valence electrons. The van der Waals surface area contributed by atoms with Gasteiger partial charge >= 0.3 is 5.97 Å². The molecule has 2 N–H and O–H groups in total. The Labute approximate surface area is 141 Å². The van der Waals surface area contributed by atoms with Gasteiger partial charge in [-0.15, -0.1) is 0 Å². The van der Waals surface area contributed by atoms with Crippen LogP contribution in [0.4, 0.5) is 0 Å². The summed E-state index contributed by atoms with van der Waals surface area (Å²) in [6, 6.07) is 16.2. The molecular formula is C19H21NO4. The molecule has 0 heterocycles. The normalized spacial score (nSPS) is 12.9. The molecule has 5 nitrogen and oxygen atoms in total. The van der Waals surface area contributed by atoms with Gasteiger partial charge in [0.1, 0.15) is 5.75 Å². The molecule has 0 aliphatic heterocycles. The van der Waals surface area contributed by atoms with Crippen LogP contribution in [0.1, 0.15) is 29.9 Å². The fourth-order valence-corrected chi connectivity index (χ4v) is 2.45. The van der Waals surface area contributed by atoms with E-state index in [1.807, 2.05) is 24.3 Å². The van der Waals surface area contributed by atoms with Crippen LogP contribution < -0.4 is 10.1 Å². The number of hydrogen-bond donors (Lipinski definition) is 2. The lowest BCUT2D eigenvalue weighted by Crippen LogP contribution is -2.34.